The molecule has 0 spiro atoms. The summed E-state index contributed by atoms with van der Waals surface area (Å²) in [5, 5.41) is 14.4. The van der Waals surface area contributed by atoms with Crippen LogP contribution in [-0.4, -0.2) is 125 Å². The summed E-state index contributed by atoms with van der Waals surface area (Å²) in [5.74, 6) is -0.718. The number of benzene rings is 4. The molecule has 4 fully saturated rings. The average molecular weight is 1040 g/mol. The Labute approximate surface area is 432 Å². The third kappa shape index (κ3) is 9.50. The molecule has 3 atom stereocenters. The molecule has 11 rings (SSSR count). The number of carbonyl (C=O) groups excluding carboxylic acids is 4. The molecule has 17 nitrogen and oxygen atoms in total. The van der Waals surface area contributed by atoms with Crippen LogP contribution in [0.3, 0.4) is 0 Å². The Hall–Kier alpha value is -7.14. The number of anilines is 6. The number of hydrogen-bond acceptors (Lipinski definition) is 14. The number of aromatic nitrogens is 4. The number of aryl methyl sites for hydroxylation is 1. The van der Waals surface area contributed by atoms with Gasteiger partial charge in [0, 0.05) is 93.7 Å². The second kappa shape index (κ2) is 19.6. The van der Waals surface area contributed by atoms with Crippen molar-refractivity contribution in [2.45, 2.75) is 31.7 Å². The minimum atomic E-state index is -2.75. The van der Waals surface area contributed by atoms with Gasteiger partial charge in [-0.05, 0) is 91.8 Å². The van der Waals surface area contributed by atoms with E-state index in [2.05, 4.69) is 41.9 Å². The summed E-state index contributed by atoms with van der Waals surface area (Å²) in [6, 6.07) is 21.4. The van der Waals surface area contributed by atoms with Gasteiger partial charge < -0.3 is 34.6 Å². The van der Waals surface area contributed by atoms with E-state index in [1.807, 2.05) is 78.9 Å². The number of hydrogen-bond donors (Lipinski definition) is 3. The van der Waals surface area contributed by atoms with Crippen molar-refractivity contribution in [2.24, 2.45) is 24.8 Å². The average Bonchev–Trinajstić information content (AvgIpc) is 4.15. The number of carbonyl (C=O) groups is 4. The third-order valence-corrected chi connectivity index (χ3v) is 17.0. The molecule has 382 valence electrons. The first-order valence-corrected chi connectivity index (χ1v) is 27.9. The van der Waals surface area contributed by atoms with E-state index in [1.54, 1.807) is 25.1 Å². The summed E-state index contributed by atoms with van der Waals surface area (Å²) in [7, 11) is 0.779. The van der Waals surface area contributed by atoms with Crippen molar-refractivity contribution in [3.63, 3.8) is 0 Å². The molecule has 0 radical (unpaired) electrons. The molecule has 20 heteroatoms. The molecule has 4 saturated heterocycles. The van der Waals surface area contributed by atoms with Crippen molar-refractivity contribution in [3.8, 4) is 28.0 Å². The van der Waals surface area contributed by atoms with Crippen LogP contribution in [0.4, 0.5) is 38.9 Å². The lowest BCUT2D eigenvalue weighted by atomic mass is 9.94. The Bertz CT molecular complexity index is 3280. The fourth-order valence-electron chi connectivity index (χ4n) is 11.4. The van der Waals surface area contributed by atoms with Crippen LogP contribution in [0.15, 0.2) is 91.4 Å². The van der Waals surface area contributed by atoms with Crippen LogP contribution in [0, 0.1) is 23.6 Å². The quantitative estimate of drug-likeness (QED) is 0.0752. The van der Waals surface area contributed by atoms with E-state index in [9.17, 15) is 23.7 Å². The molecule has 4 amide bonds. The Balaban J connectivity index is 0.745. The highest BCUT2D eigenvalue weighted by molar-refractivity contribution is 7.70. The first kappa shape index (κ1) is 49.1. The molecule has 74 heavy (non-hydrogen) atoms. The number of nitrogens with one attached hydrogen (secondary N) is 3. The zero-order valence-corrected chi connectivity index (χ0v) is 43.1. The third-order valence-electron chi connectivity index (χ3n) is 15.1. The van der Waals surface area contributed by atoms with Gasteiger partial charge in [-0.15, -0.1) is 0 Å². The van der Waals surface area contributed by atoms with Gasteiger partial charge >= 0.3 is 0 Å². The molecular weight excluding hydrogens is 984 g/mol. The maximum atomic E-state index is 15.8. The highest BCUT2D eigenvalue weighted by Crippen LogP contribution is 2.44. The molecule has 7 heterocycles. The molecule has 0 aliphatic carbocycles. The number of imide groups is 2. The van der Waals surface area contributed by atoms with Gasteiger partial charge in [-0.25, -0.2) is 9.37 Å². The van der Waals surface area contributed by atoms with Crippen molar-refractivity contribution >= 4 is 82.2 Å². The number of rotatable bonds is 13. The molecule has 5 aliphatic rings. The highest BCUT2D eigenvalue weighted by Gasteiger charge is 2.47. The van der Waals surface area contributed by atoms with E-state index in [0.29, 0.717) is 64.1 Å². The Kier molecular flexibility index (Phi) is 13.0. The molecular formula is C54H56ClFN11O6P. The fourth-order valence-corrected chi connectivity index (χ4v) is 12.7. The van der Waals surface area contributed by atoms with E-state index in [0.717, 1.165) is 84.5 Å². The van der Waals surface area contributed by atoms with Crippen molar-refractivity contribution in [1.29, 1.82) is 0 Å². The van der Waals surface area contributed by atoms with Gasteiger partial charge in [0.25, 0.3) is 11.8 Å². The summed E-state index contributed by atoms with van der Waals surface area (Å²) < 4.78 is 37.2. The number of likely N-dealkylation sites (tertiary alicyclic amines) is 1. The first-order chi connectivity index (χ1) is 35.6. The summed E-state index contributed by atoms with van der Waals surface area (Å²) in [6.07, 6.45) is 7.40. The first-order valence-electron chi connectivity index (χ1n) is 24.9. The molecule has 3 N–H and O–H groups in total. The van der Waals surface area contributed by atoms with E-state index in [1.165, 1.54) is 12.3 Å². The summed E-state index contributed by atoms with van der Waals surface area (Å²) in [5.41, 5.74) is 6.51. The van der Waals surface area contributed by atoms with Gasteiger partial charge in [-0.3, -0.25) is 34.1 Å². The lowest BCUT2D eigenvalue weighted by Gasteiger charge is -2.36. The van der Waals surface area contributed by atoms with Crippen LogP contribution in [0.2, 0.25) is 5.02 Å². The van der Waals surface area contributed by atoms with Gasteiger partial charge in [-0.1, -0.05) is 48.0 Å². The lowest BCUT2D eigenvalue weighted by Crippen LogP contribution is -2.54. The number of methoxy groups -OCH3 is 1. The molecule has 6 aromatic rings. The highest BCUT2D eigenvalue weighted by atomic mass is 35.5. The van der Waals surface area contributed by atoms with Crippen LogP contribution in [0.1, 0.15) is 46.4 Å². The molecule has 2 aromatic heterocycles. The summed E-state index contributed by atoms with van der Waals surface area (Å²) in [4.78, 5) is 68.2. The van der Waals surface area contributed by atoms with Crippen LogP contribution in [0.25, 0.3) is 22.3 Å². The van der Waals surface area contributed by atoms with Gasteiger partial charge in [0.05, 0.1) is 47.7 Å². The molecule has 3 unspecified atom stereocenters. The van der Waals surface area contributed by atoms with E-state index in [-0.39, 0.29) is 35.6 Å². The molecule has 5 aliphatic heterocycles. The van der Waals surface area contributed by atoms with E-state index >= 15 is 4.39 Å². The normalized spacial score (nSPS) is 20.3. The lowest BCUT2D eigenvalue weighted by molar-refractivity contribution is -0.136. The Morgan fingerprint density at radius 1 is 0.797 bits per heavy atom. The Morgan fingerprint density at radius 2 is 1.53 bits per heavy atom. The number of amides is 4. The summed E-state index contributed by atoms with van der Waals surface area (Å²) in [6.45, 7) is 9.19. The predicted octanol–water partition coefficient (Wildman–Crippen LogP) is 7.77. The SMILES string of the molecule is COc1cc(N2CCC(CN3CC4CN(c5cc6c(cc5F)C(=O)N(C5CCC(=O)NC5=O)C6=O)CC4C3)CC2)c(-c2cnn(C)c2)cc1Nc1ncc(Cl)c(Nc2ccc(-c3ccccc3)cc2P(C)(C)=O)n1. The Morgan fingerprint density at radius 3 is 2.20 bits per heavy atom. The minimum Gasteiger partial charge on any atom is -0.494 e. The van der Waals surface area contributed by atoms with Crippen molar-refractivity contribution in [1.82, 2.24) is 34.9 Å². The van der Waals surface area contributed by atoms with Crippen LogP contribution in [0.5, 0.6) is 5.75 Å². The smallest absolute Gasteiger partial charge is 0.262 e. The second-order valence-electron chi connectivity index (χ2n) is 20.4. The van der Waals surface area contributed by atoms with Gasteiger partial charge in [0.15, 0.2) is 5.82 Å². The number of halogens is 2. The van der Waals surface area contributed by atoms with Gasteiger partial charge in [0.2, 0.25) is 17.8 Å². The second-order valence-corrected chi connectivity index (χ2v) is 24.0. The minimum absolute atomic E-state index is 0.0121. The van der Waals surface area contributed by atoms with Crippen molar-refractivity contribution in [2.75, 3.05) is 86.7 Å². The zero-order chi connectivity index (χ0) is 51.6. The molecule has 0 bridgehead atoms. The number of ether oxygens (including phenoxy) is 1. The number of piperidine rings is 2. The largest absolute Gasteiger partial charge is 0.494 e. The van der Waals surface area contributed by atoms with Crippen LogP contribution in [-0.2, 0) is 21.2 Å². The zero-order valence-electron chi connectivity index (χ0n) is 41.5. The maximum absolute atomic E-state index is 15.8. The molecule has 4 aromatic carbocycles. The van der Waals surface area contributed by atoms with Gasteiger partial charge in [-0.2, -0.15) is 10.1 Å². The van der Waals surface area contributed by atoms with Crippen molar-refractivity contribution in [3.05, 3.63) is 113 Å². The topological polar surface area (TPSA) is 187 Å². The predicted molar refractivity (Wildman–Crippen MR) is 283 cm³/mol. The number of nitrogens with zero attached hydrogens (tertiary/aromatic N) is 8. The van der Waals surface area contributed by atoms with E-state index in [4.69, 9.17) is 21.3 Å². The molecule has 0 saturated carbocycles. The van der Waals surface area contributed by atoms with Crippen molar-refractivity contribution < 1.29 is 32.9 Å². The van der Waals surface area contributed by atoms with E-state index < -0.39 is 42.6 Å². The van der Waals surface area contributed by atoms with Gasteiger partial charge in [0.1, 0.15) is 29.8 Å². The standard InChI is InChI=1S/C54H56ClFN11O6P/c1-63-26-34(23-58-63)37-20-43(60-54-57-24-40(55)50(62-54)59-42-11-10-33(18-48(42)74(3,4)72)32-8-6-5-7-9-32)47(73-2)22-45(37)65-16-14-31(15-17-65)25-64-27-35-29-66(30-36(35)28-64)46-21-39-38(19-41(46)56)52(70)67(53(39)71)44-12-13-49(68)61-51(44)69/h5-11,18-24,26,31,35-36,44H,12-17,25,27-30H2,1-4H3,(H,61,68,69)(H2,57,59,60,62). The van der Waals surface area contributed by atoms with Crippen LogP contribution < -0.4 is 35.8 Å². The van der Waals surface area contributed by atoms with Crippen LogP contribution >= 0.6 is 18.7 Å². The summed E-state index contributed by atoms with van der Waals surface area (Å²) >= 11 is 6.70. The monoisotopic (exact) mass is 1040 g/mol. The fraction of sp³-hybridized carbons (Fsp3) is 0.352. The maximum Gasteiger partial charge on any atom is 0.262 e. The number of fused-ring (bicyclic) bond motifs is 2.